The van der Waals surface area contributed by atoms with E-state index in [1.165, 1.54) is 6.33 Å². The molecule has 1 atom stereocenters. The number of fused-ring (bicyclic) bond motifs is 2. The van der Waals surface area contributed by atoms with Crippen LogP contribution in [0.15, 0.2) is 49.1 Å². The standard InChI is InChI=1S/C22H18ClN9.H2S/c1-12(29-22-16(9-24)21(25)27-11-28-22)15-8-19-26-10-18(23)32(19)30-20(15)14-4-3-13-5-6-31(2)17(13)7-14;/h3-8,10-12H,1-2H3,(H3,25,27,28,29);1H2/t12-;/m0./s1. The van der Waals surface area contributed by atoms with Crippen LogP contribution in [0.25, 0.3) is 27.8 Å². The van der Waals surface area contributed by atoms with Crippen molar-refractivity contribution in [2.24, 2.45) is 7.05 Å². The minimum absolute atomic E-state index is 0. The number of halogens is 1. The number of nitrogens with two attached hydrogens (primary N) is 1. The number of imidazole rings is 1. The highest BCUT2D eigenvalue weighted by molar-refractivity contribution is 7.59. The van der Waals surface area contributed by atoms with Gasteiger partial charge in [0.05, 0.1) is 17.9 Å². The highest BCUT2D eigenvalue weighted by atomic mass is 35.5. The van der Waals surface area contributed by atoms with Crippen LogP contribution in [0.4, 0.5) is 11.6 Å². The van der Waals surface area contributed by atoms with Crippen molar-refractivity contribution in [2.75, 3.05) is 11.1 Å². The van der Waals surface area contributed by atoms with Gasteiger partial charge in [0.1, 0.15) is 29.6 Å². The number of benzene rings is 1. The largest absolute Gasteiger partial charge is 0.382 e. The van der Waals surface area contributed by atoms with Crippen LogP contribution in [0.3, 0.4) is 0 Å². The third kappa shape index (κ3) is 3.82. The molecule has 0 unspecified atom stereocenters. The molecule has 0 amide bonds. The van der Waals surface area contributed by atoms with E-state index in [1.807, 2.05) is 32.3 Å². The second-order valence-corrected chi connectivity index (χ2v) is 7.85. The predicted molar refractivity (Wildman–Crippen MR) is 133 cm³/mol. The predicted octanol–water partition coefficient (Wildman–Crippen LogP) is 4.07. The minimum atomic E-state index is -0.275. The molecule has 0 spiro atoms. The third-order valence-electron chi connectivity index (χ3n) is 5.45. The molecule has 0 bridgehead atoms. The van der Waals surface area contributed by atoms with Gasteiger partial charge in [0.2, 0.25) is 0 Å². The third-order valence-corrected chi connectivity index (χ3v) is 5.71. The van der Waals surface area contributed by atoms with E-state index in [2.05, 4.69) is 49.1 Å². The highest BCUT2D eigenvalue weighted by Gasteiger charge is 2.20. The van der Waals surface area contributed by atoms with Crippen LogP contribution >= 0.6 is 25.1 Å². The second kappa shape index (κ2) is 8.61. The average Bonchev–Trinajstić information content (AvgIpc) is 3.35. The number of aryl methyl sites for hydroxylation is 1. The summed E-state index contributed by atoms with van der Waals surface area (Å²) < 4.78 is 3.66. The lowest BCUT2D eigenvalue weighted by molar-refractivity contribution is 0.840. The zero-order valence-electron chi connectivity index (χ0n) is 17.8. The number of nitriles is 1. The van der Waals surface area contributed by atoms with E-state index in [9.17, 15) is 5.26 Å². The van der Waals surface area contributed by atoms with E-state index in [-0.39, 0.29) is 30.9 Å². The van der Waals surface area contributed by atoms with Gasteiger partial charge in [-0.05, 0) is 30.5 Å². The number of hydrogen-bond donors (Lipinski definition) is 2. The highest BCUT2D eigenvalue weighted by Crippen LogP contribution is 2.32. The van der Waals surface area contributed by atoms with Crippen LogP contribution in [0.5, 0.6) is 0 Å². The van der Waals surface area contributed by atoms with Gasteiger partial charge in [-0.25, -0.2) is 19.5 Å². The van der Waals surface area contributed by atoms with Crippen LogP contribution in [-0.2, 0) is 7.05 Å². The van der Waals surface area contributed by atoms with Gasteiger partial charge < -0.3 is 15.6 Å². The smallest absolute Gasteiger partial charge is 0.155 e. The van der Waals surface area contributed by atoms with Crippen molar-refractivity contribution in [3.63, 3.8) is 0 Å². The Morgan fingerprint density at radius 1 is 1.18 bits per heavy atom. The molecular formula is C22H20ClN9S. The molecule has 0 saturated carbocycles. The van der Waals surface area contributed by atoms with Crippen LogP contribution in [0.1, 0.15) is 24.1 Å². The van der Waals surface area contributed by atoms with E-state index in [4.69, 9.17) is 22.4 Å². The number of hydrogen-bond acceptors (Lipinski definition) is 7. The maximum Gasteiger partial charge on any atom is 0.155 e. The number of nitrogens with one attached hydrogen (secondary N) is 1. The summed E-state index contributed by atoms with van der Waals surface area (Å²) in [5, 5.41) is 19.1. The monoisotopic (exact) mass is 477 g/mol. The van der Waals surface area contributed by atoms with Crippen molar-refractivity contribution in [2.45, 2.75) is 13.0 Å². The van der Waals surface area contributed by atoms with Gasteiger partial charge in [0.15, 0.2) is 10.8 Å². The first-order valence-electron chi connectivity index (χ1n) is 9.83. The normalized spacial score (nSPS) is 11.8. The number of nitrogens with zero attached hydrogens (tertiary/aromatic N) is 7. The Morgan fingerprint density at radius 2 is 2.00 bits per heavy atom. The summed E-state index contributed by atoms with van der Waals surface area (Å²) in [5.41, 5.74) is 10.3. The molecule has 3 N–H and O–H groups in total. The zero-order chi connectivity index (χ0) is 22.4. The first-order valence-corrected chi connectivity index (χ1v) is 10.2. The molecule has 5 aromatic rings. The molecule has 5 rings (SSSR count). The van der Waals surface area contributed by atoms with E-state index < -0.39 is 0 Å². The Morgan fingerprint density at radius 3 is 2.79 bits per heavy atom. The van der Waals surface area contributed by atoms with Crippen molar-refractivity contribution in [3.8, 4) is 17.3 Å². The Hall–Kier alpha value is -3.81. The molecule has 4 aromatic heterocycles. The van der Waals surface area contributed by atoms with Gasteiger partial charge >= 0.3 is 0 Å². The summed E-state index contributed by atoms with van der Waals surface area (Å²) in [6, 6.07) is 12.0. The van der Waals surface area contributed by atoms with Gasteiger partial charge in [-0.15, -0.1) is 0 Å². The molecular weight excluding hydrogens is 458 g/mol. The number of aromatic nitrogens is 6. The topological polar surface area (TPSA) is 123 Å². The number of rotatable bonds is 4. The van der Waals surface area contributed by atoms with Gasteiger partial charge in [-0.1, -0.05) is 23.7 Å². The summed E-state index contributed by atoms with van der Waals surface area (Å²) in [5.74, 6) is 0.484. The van der Waals surface area contributed by atoms with E-state index in [0.29, 0.717) is 16.6 Å². The number of nitrogen functional groups attached to an aromatic ring is 1. The fourth-order valence-electron chi connectivity index (χ4n) is 3.77. The fourth-order valence-corrected chi connectivity index (χ4v) is 3.94. The fraction of sp³-hybridized carbons (Fsp3) is 0.136. The molecule has 0 aliphatic rings. The van der Waals surface area contributed by atoms with Gasteiger partial charge in [-0.2, -0.15) is 23.9 Å². The summed E-state index contributed by atoms with van der Waals surface area (Å²) in [7, 11) is 2.00. The molecule has 33 heavy (non-hydrogen) atoms. The van der Waals surface area contributed by atoms with E-state index in [0.717, 1.165) is 27.7 Å². The Balaban J connectivity index is 0.00000259. The molecule has 11 heteroatoms. The molecule has 0 aliphatic heterocycles. The summed E-state index contributed by atoms with van der Waals surface area (Å²) >= 11 is 6.30. The minimum Gasteiger partial charge on any atom is -0.382 e. The molecule has 0 aliphatic carbocycles. The quantitative estimate of drug-likeness (QED) is 0.400. The van der Waals surface area contributed by atoms with Gasteiger partial charge in [0.25, 0.3) is 0 Å². The molecule has 0 saturated heterocycles. The van der Waals surface area contributed by atoms with Crippen molar-refractivity contribution >= 4 is 53.3 Å². The van der Waals surface area contributed by atoms with Crippen molar-refractivity contribution in [3.05, 3.63) is 65.3 Å². The summed E-state index contributed by atoms with van der Waals surface area (Å²) in [4.78, 5) is 12.4. The lowest BCUT2D eigenvalue weighted by Gasteiger charge is -2.19. The first kappa shape index (κ1) is 22.4. The summed E-state index contributed by atoms with van der Waals surface area (Å²) in [6.07, 6.45) is 4.91. The van der Waals surface area contributed by atoms with Crippen LogP contribution < -0.4 is 11.1 Å². The summed E-state index contributed by atoms with van der Waals surface area (Å²) in [6.45, 7) is 1.96. The van der Waals surface area contributed by atoms with Gasteiger partial charge in [0, 0.05) is 29.9 Å². The Labute approximate surface area is 201 Å². The Bertz CT molecular complexity index is 1530. The molecule has 0 fully saturated rings. The Kier molecular flexibility index (Phi) is 5.84. The molecule has 4 heterocycles. The molecule has 1 aromatic carbocycles. The van der Waals surface area contributed by atoms with Crippen molar-refractivity contribution in [1.29, 1.82) is 5.26 Å². The number of anilines is 2. The molecule has 0 radical (unpaired) electrons. The van der Waals surface area contributed by atoms with Crippen LogP contribution in [0.2, 0.25) is 5.15 Å². The zero-order valence-corrected chi connectivity index (χ0v) is 19.5. The molecule has 166 valence electrons. The maximum absolute atomic E-state index is 9.47. The van der Waals surface area contributed by atoms with Gasteiger partial charge in [-0.3, -0.25) is 0 Å². The van der Waals surface area contributed by atoms with Crippen molar-refractivity contribution in [1.82, 2.24) is 29.1 Å². The van der Waals surface area contributed by atoms with Crippen LogP contribution in [-0.4, -0.2) is 29.1 Å². The SMILES string of the molecule is C[C@H](Nc1ncnc(N)c1C#N)c1cc2ncc(Cl)n2nc1-c1ccc2ccn(C)c2c1.S. The van der Waals surface area contributed by atoms with Crippen LogP contribution in [0, 0.1) is 11.3 Å². The first-order chi connectivity index (χ1) is 15.5. The van der Waals surface area contributed by atoms with E-state index in [1.54, 1.807) is 10.7 Å². The second-order valence-electron chi connectivity index (χ2n) is 7.46. The average molecular weight is 478 g/mol. The van der Waals surface area contributed by atoms with E-state index >= 15 is 0 Å². The molecule has 9 nitrogen and oxygen atoms in total. The lowest BCUT2D eigenvalue weighted by atomic mass is 10.0. The lowest BCUT2D eigenvalue weighted by Crippen LogP contribution is -2.13. The maximum atomic E-state index is 9.47. The van der Waals surface area contributed by atoms with Crippen molar-refractivity contribution < 1.29 is 0 Å².